The van der Waals surface area contributed by atoms with Crippen LogP contribution in [0.2, 0.25) is 0 Å². The highest BCUT2D eigenvalue weighted by Crippen LogP contribution is 2.21. The Morgan fingerprint density at radius 2 is 2.40 bits per heavy atom. The smallest absolute Gasteiger partial charge is 0.0589 e. The van der Waals surface area contributed by atoms with E-state index in [1.807, 2.05) is 0 Å². The molecule has 60 valence electrons. The number of ether oxygens (including phenoxy) is 1. The first-order chi connectivity index (χ1) is 4.83. The SMILES string of the molecule is CCCC1CC(Cl)CCO1. The zero-order valence-electron chi connectivity index (χ0n) is 6.48. The highest BCUT2D eigenvalue weighted by Gasteiger charge is 2.19. The van der Waals surface area contributed by atoms with Crippen molar-refractivity contribution in [2.75, 3.05) is 6.61 Å². The van der Waals surface area contributed by atoms with Gasteiger partial charge < -0.3 is 4.74 Å². The summed E-state index contributed by atoms with van der Waals surface area (Å²) >= 11 is 5.97. The molecule has 0 aromatic heterocycles. The molecule has 1 saturated heterocycles. The minimum atomic E-state index is 0.366. The van der Waals surface area contributed by atoms with Crippen LogP contribution in [0.3, 0.4) is 0 Å². The molecule has 10 heavy (non-hydrogen) atoms. The van der Waals surface area contributed by atoms with Gasteiger partial charge in [0.1, 0.15) is 0 Å². The van der Waals surface area contributed by atoms with Crippen molar-refractivity contribution in [3.63, 3.8) is 0 Å². The van der Waals surface area contributed by atoms with Gasteiger partial charge in [0, 0.05) is 12.0 Å². The van der Waals surface area contributed by atoms with Gasteiger partial charge in [-0.25, -0.2) is 0 Å². The molecule has 1 nitrogen and oxygen atoms in total. The summed E-state index contributed by atoms with van der Waals surface area (Å²) in [5, 5.41) is 0.366. The normalized spacial score (nSPS) is 34.2. The molecular formula is C8H15ClO. The minimum Gasteiger partial charge on any atom is -0.378 e. The largest absolute Gasteiger partial charge is 0.378 e. The lowest BCUT2D eigenvalue weighted by Gasteiger charge is -2.25. The van der Waals surface area contributed by atoms with Crippen molar-refractivity contribution in [3.8, 4) is 0 Å². The van der Waals surface area contributed by atoms with E-state index in [1.54, 1.807) is 0 Å². The predicted molar refractivity (Wildman–Crippen MR) is 43.5 cm³/mol. The quantitative estimate of drug-likeness (QED) is 0.568. The van der Waals surface area contributed by atoms with E-state index in [0.717, 1.165) is 19.4 Å². The molecule has 0 amide bonds. The maximum Gasteiger partial charge on any atom is 0.0589 e. The molecule has 1 rings (SSSR count). The summed E-state index contributed by atoms with van der Waals surface area (Å²) in [6, 6.07) is 0. The van der Waals surface area contributed by atoms with Crippen LogP contribution in [0.4, 0.5) is 0 Å². The molecule has 1 aliphatic rings. The van der Waals surface area contributed by atoms with Gasteiger partial charge in [-0.05, 0) is 19.3 Å². The Morgan fingerprint density at radius 3 is 3.00 bits per heavy atom. The maximum absolute atomic E-state index is 5.97. The molecule has 0 spiro atoms. The fourth-order valence-electron chi connectivity index (χ4n) is 1.36. The topological polar surface area (TPSA) is 9.23 Å². The Hall–Kier alpha value is 0.250. The average molecular weight is 163 g/mol. The first-order valence-corrected chi connectivity index (χ1v) is 4.52. The fraction of sp³-hybridized carbons (Fsp3) is 1.00. The zero-order valence-corrected chi connectivity index (χ0v) is 7.23. The Bertz CT molecular complexity index is 93.3. The molecule has 2 unspecified atom stereocenters. The van der Waals surface area contributed by atoms with Crippen molar-refractivity contribution < 1.29 is 4.74 Å². The van der Waals surface area contributed by atoms with E-state index >= 15 is 0 Å². The van der Waals surface area contributed by atoms with Crippen LogP contribution in [0.1, 0.15) is 32.6 Å². The van der Waals surface area contributed by atoms with Gasteiger partial charge in [0.15, 0.2) is 0 Å². The van der Waals surface area contributed by atoms with E-state index < -0.39 is 0 Å². The summed E-state index contributed by atoms with van der Waals surface area (Å²) < 4.78 is 5.50. The third kappa shape index (κ3) is 2.47. The van der Waals surface area contributed by atoms with E-state index in [0.29, 0.717) is 11.5 Å². The molecule has 0 aromatic rings. The number of hydrogen-bond donors (Lipinski definition) is 0. The third-order valence-corrected chi connectivity index (χ3v) is 2.31. The van der Waals surface area contributed by atoms with Crippen LogP contribution >= 0.6 is 11.6 Å². The van der Waals surface area contributed by atoms with Crippen molar-refractivity contribution in [3.05, 3.63) is 0 Å². The molecule has 2 heteroatoms. The van der Waals surface area contributed by atoms with Crippen molar-refractivity contribution >= 4 is 11.6 Å². The average Bonchev–Trinajstić information content (AvgIpc) is 1.88. The molecule has 0 N–H and O–H groups in total. The predicted octanol–water partition coefficient (Wildman–Crippen LogP) is 2.57. The Balaban J connectivity index is 2.18. The fourth-order valence-corrected chi connectivity index (χ4v) is 1.64. The summed E-state index contributed by atoms with van der Waals surface area (Å²) in [5.41, 5.74) is 0. The molecule has 1 fully saturated rings. The lowest BCUT2D eigenvalue weighted by Crippen LogP contribution is -2.25. The minimum absolute atomic E-state index is 0.366. The molecule has 0 bridgehead atoms. The maximum atomic E-state index is 5.97. The molecular weight excluding hydrogens is 148 g/mol. The highest BCUT2D eigenvalue weighted by atomic mass is 35.5. The zero-order chi connectivity index (χ0) is 7.40. The van der Waals surface area contributed by atoms with Gasteiger partial charge in [0.2, 0.25) is 0 Å². The van der Waals surface area contributed by atoms with Crippen molar-refractivity contribution in [2.45, 2.75) is 44.1 Å². The van der Waals surface area contributed by atoms with Gasteiger partial charge in [0.05, 0.1) is 6.10 Å². The van der Waals surface area contributed by atoms with Crippen molar-refractivity contribution in [2.24, 2.45) is 0 Å². The summed E-state index contributed by atoms with van der Waals surface area (Å²) in [7, 11) is 0. The molecule has 1 aliphatic heterocycles. The van der Waals surface area contributed by atoms with Crippen LogP contribution in [0.15, 0.2) is 0 Å². The number of alkyl halides is 1. The van der Waals surface area contributed by atoms with Gasteiger partial charge in [-0.3, -0.25) is 0 Å². The second-order valence-corrected chi connectivity index (χ2v) is 3.52. The Labute approximate surface area is 67.7 Å². The molecule has 0 radical (unpaired) electrons. The van der Waals surface area contributed by atoms with Crippen LogP contribution in [0.5, 0.6) is 0 Å². The molecule has 0 aromatic carbocycles. The van der Waals surface area contributed by atoms with Crippen LogP contribution in [0.25, 0.3) is 0 Å². The summed E-state index contributed by atoms with van der Waals surface area (Å²) in [4.78, 5) is 0. The van der Waals surface area contributed by atoms with E-state index in [-0.39, 0.29) is 0 Å². The van der Waals surface area contributed by atoms with Crippen LogP contribution in [-0.4, -0.2) is 18.1 Å². The molecule has 0 saturated carbocycles. The second kappa shape index (κ2) is 4.20. The van der Waals surface area contributed by atoms with E-state index in [2.05, 4.69) is 6.92 Å². The van der Waals surface area contributed by atoms with Gasteiger partial charge >= 0.3 is 0 Å². The van der Waals surface area contributed by atoms with Crippen molar-refractivity contribution in [1.29, 1.82) is 0 Å². The van der Waals surface area contributed by atoms with Gasteiger partial charge in [-0.1, -0.05) is 13.3 Å². The summed E-state index contributed by atoms with van der Waals surface area (Å²) in [6.45, 7) is 3.04. The van der Waals surface area contributed by atoms with Crippen LogP contribution in [0, 0.1) is 0 Å². The van der Waals surface area contributed by atoms with Gasteiger partial charge in [-0.15, -0.1) is 11.6 Å². The monoisotopic (exact) mass is 162 g/mol. The lowest BCUT2D eigenvalue weighted by atomic mass is 10.1. The lowest BCUT2D eigenvalue weighted by molar-refractivity contribution is 0.0127. The molecule has 1 heterocycles. The Kier molecular flexibility index (Phi) is 3.50. The summed E-state index contributed by atoms with van der Waals surface area (Å²) in [6.07, 6.45) is 4.90. The summed E-state index contributed by atoms with van der Waals surface area (Å²) in [5.74, 6) is 0. The van der Waals surface area contributed by atoms with Crippen LogP contribution < -0.4 is 0 Å². The van der Waals surface area contributed by atoms with E-state index in [1.165, 1.54) is 12.8 Å². The second-order valence-electron chi connectivity index (χ2n) is 2.90. The van der Waals surface area contributed by atoms with E-state index in [9.17, 15) is 0 Å². The molecule has 0 aliphatic carbocycles. The Morgan fingerprint density at radius 1 is 1.60 bits per heavy atom. The molecule has 2 atom stereocenters. The van der Waals surface area contributed by atoms with Crippen molar-refractivity contribution in [1.82, 2.24) is 0 Å². The van der Waals surface area contributed by atoms with Gasteiger partial charge in [-0.2, -0.15) is 0 Å². The highest BCUT2D eigenvalue weighted by molar-refractivity contribution is 6.20. The first-order valence-electron chi connectivity index (χ1n) is 4.08. The number of halogens is 1. The van der Waals surface area contributed by atoms with E-state index in [4.69, 9.17) is 16.3 Å². The number of hydrogen-bond acceptors (Lipinski definition) is 1. The van der Waals surface area contributed by atoms with Gasteiger partial charge in [0.25, 0.3) is 0 Å². The third-order valence-electron chi connectivity index (χ3n) is 1.91. The number of rotatable bonds is 2. The first kappa shape index (κ1) is 8.35. The van der Waals surface area contributed by atoms with Crippen LogP contribution in [-0.2, 0) is 4.74 Å². The standard InChI is InChI=1S/C8H15ClO/c1-2-3-8-6-7(9)4-5-10-8/h7-8H,2-6H2,1H3.